The predicted octanol–water partition coefficient (Wildman–Crippen LogP) is 1.51. The minimum atomic E-state index is -0.145. The van der Waals surface area contributed by atoms with Crippen LogP contribution in [0.3, 0.4) is 0 Å². The van der Waals surface area contributed by atoms with Crippen molar-refractivity contribution < 1.29 is 9.84 Å². The highest BCUT2D eigenvalue weighted by Crippen LogP contribution is 2.09. The molecule has 3 nitrogen and oxygen atoms in total. The molecule has 0 aliphatic carbocycles. The number of aliphatic hydroxyl groups is 1. The van der Waals surface area contributed by atoms with Gasteiger partial charge in [0.15, 0.2) is 0 Å². The van der Waals surface area contributed by atoms with Crippen molar-refractivity contribution in [2.75, 3.05) is 33.4 Å². The molecular formula is C11H25NO2. The van der Waals surface area contributed by atoms with E-state index in [0.717, 1.165) is 26.2 Å². The van der Waals surface area contributed by atoms with Crippen LogP contribution in [0.15, 0.2) is 0 Å². The Balaban J connectivity index is 3.48. The molecule has 3 heteroatoms. The average Bonchev–Trinajstić information content (AvgIpc) is 2.17. The molecule has 0 saturated carbocycles. The number of likely N-dealkylation sites (N-methyl/N-ethyl adjacent to an activating group) is 1. The Kier molecular flexibility index (Phi) is 7.15. The van der Waals surface area contributed by atoms with Gasteiger partial charge < -0.3 is 9.84 Å². The van der Waals surface area contributed by atoms with E-state index in [2.05, 4.69) is 11.8 Å². The molecule has 0 bridgehead atoms. The summed E-state index contributed by atoms with van der Waals surface area (Å²) < 4.78 is 5.46. The molecule has 86 valence electrons. The normalized spacial score (nSPS) is 12.4. The maximum absolute atomic E-state index is 9.12. The molecule has 0 rings (SSSR count). The lowest BCUT2D eigenvalue weighted by molar-refractivity contribution is 0.0429. The fourth-order valence-corrected chi connectivity index (χ4v) is 0.973. The van der Waals surface area contributed by atoms with Crippen LogP contribution in [0, 0.1) is 0 Å². The van der Waals surface area contributed by atoms with Gasteiger partial charge in [-0.2, -0.15) is 0 Å². The van der Waals surface area contributed by atoms with Gasteiger partial charge in [-0.15, -0.1) is 0 Å². The summed E-state index contributed by atoms with van der Waals surface area (Å²) in [4.78, 5) is 2.12. The van der Waals surface area contributed by atoms with Gasteiger partial charge in [0.1, 0.15) is 0 Å². The molecule has 0 aliphatic heterocycles. The fraction of sp³-hybridized carbons (Fsp3) is 1.00. The van der Waals surface area contributed by atoms with Crippen LogP contribution in [-0.4, -0.2) is 49.0 Å². The number of hydrogen-bond acceptors (Lipinski definition) is 3. The summed E-state index contributed by atoms with van der Waals surface area (Å²) in [5, 5.41) is 9.12. The third-order valence-electron chi connectivity index (χ3n) is 2.63. The van der Waals surface area contributed by atoms with E-state index < -0.39 is 0 Å². The standard InChI is InChI=1S/C11H25NO2/c1-5-6-8-14-9-7-12(4)11(2,3)10-13/h13H,5-10H2,1-4H3. The molecular weight excluding hydrogens is 178 g/mol. The van der Waals surface area contributed by atoms with E-state index in [-0.39, 0.29) is 12.1 Å². The lowest BCUT2D eigenvalue weighted by Gasteiger charge is -2.33. The smallest absolute Gasteiger partial charge is 0.0609 e. The first-order valence-corrected chi connectivity index (χ1v) is 5.44. The second kappa shape index (κ2) is 7.21. The SMILES string of the molecule is CCCCOCCN(C)C(C)(C)CO. The maximum Gasteiger partial charge on any atom is 0.0609 e. The highest BCUT2D eigenvalue weighted by molar-refractivity contribution is 4.77. The van der Waals surface area contributed by atoms with Crippen LogP contribution < -0.4 is 0 Å². The van der Waals surface area contributed by atoms with Crippen LogP contribution in [-0.2, 0) is 4.74 Å². The average molecular weight is 203 g/mol. The molecule has 0 fully saturated rings. The Morgan fingerprint density at radius 1 is 1.29 bits per heavy atom. The molecule has 14 heavy (non-hydrogen) atoms. The van der Waals surface area contributed by atoms with Gasteiger partial charge in [-0.25, -0.2) is 0 Å². The molecule has 0 aliphatic rings. The van der Waals surface area contributed by atoms with Gasteiger partial charge in [-0.3, -0.25) is 4.90 Å². The van der Waals surface area contributed by atoms with Gasteiger partial charge in [0.25, 0.3) is 0 Å². The monoisotopic (exact) mass is 203 g/mol. The van der Waals surface area contributed by atoms with Gasteiger partial charge in [-0.1, -0.05) is 13.3 Å². The summed E-state index contributed by atoms with van der Waals surface area (Å²) in [6.07, 6.45) is 2.31. The summed E-state index contributed by atoms with van der Waals surface area (Å²) in [5.74, 6) is 0. The summed E-state index contributed by atoms with van der Waals surface area (Å²) in [6, 6.07) is 0. The Hall–Kier alpha value is -0.120. The van der Waals surface area contributed by atoms with E-state index in [1.165, 1.54) is 6.42 Å². The zero-order valence-electron chi connectivity index (χ0n) is 10.0. The second-order valence-electron chi connectivity index (χ2n) is 4.36. The van der Waals surface area contributed by atoms with Crippen molar-refractivity contribution in [3.63, 3.8) is 0 Å². The summed E-state index contributed by atoms with van der Waals surface area (Å²) in [7, 11) is 2.01. The lowest BCUT2D eigenvalue weighted by atomic mass is 10.1. The van der Waals surface area contributed by atoms with Crippen LogP contribution in [0.1, 0.15) is 33.6 Å². The molecule has 0 radical (unpaired) electrons. The minimum Gasteiger partial charge on any atom is -0.394 e. The molecule has 0 aromatic carbocycles. The van der Waals surface area contributed by atoms with Crippen molar-refractivity contribution in [3.8, 4) is 0 Å². The van der Waals surface area contributed by atoms with Gasteiger partial charge in [0, 0.05) is 18.7 Å². The first-order chi connectivity index (χ1) is 6.54. The molecule has 0 aromatic heterocycles. The van der Waals surface area contributed by atoms with Gasteiger partial charge in [0.2, 0.25) is 0 Å². The molecule has 1 N–H and O–H groups in total. The largest absolute Gasteiger partial charge is 0.394 e. The van der Waals surface area contributed by atoms with Crippen LogP contribution in [0.5, 0.6) is 0 Å². The maximum atomic E-state index is 9.12. The summed E-state index contributed by atoms with van der Waals surface area (Å²) >= 11 is 0. The van der Waals surface area contributed by atoms with Crippen LogP contribution >= 0.6 is 0 Å². The van der Waals surface area contributed by atoms with Crippen LogP contribution in [0.25, 0.3) is 0 Å². The van der Waals surface area contributed by atoms with Crippen molar-refractivity contribution in [1.82, 2.24) is 4.90 Å². The van der Waals surface area contributed by atoms with E-state index in [0.29, 0.717) is 0 Å². The van der Waals surface area contributed by atoms with Gasteiger partial charge >= 0.3 is 0 Å². The third kappa shape index (κ3) is 5.58. The van der Waals surface area contributed by atoms with E-state index in [9.17, 15) is 0 Å². The number of aliphatic hydroxyl groups excluding tert-OH is 1. The predicted molar refractivity (Wildman–Crippen MR) is 59.5 cm³/mol. The van der Waals surface area contributed by atoms with E-state index in [1.807, 2.05) is 20.9 Å². The highest BCUT2D eigenvalue weighted by Gasteiger charge is 2.21. The Labute approximate surface area is 88.1 Å². The zero-order chi connectivity index (χ0) is 11.0. The first-order valence-electron chi connectivity index (χ1n) is 5.44. The van der Waals surface area contributed by atoms with E-state index in [1.54, 1.807) is 0 Å². The summed E-state index contributed by atoms with van der Waals surface area (Å²) in [5.41, 5.74) is -0.145. The topological polar surface area (TPSA) is 32.7 Å². The molecule has 0 unspecified atom stereocenters. The molecule has 0 aromatic rings. The highest BCUT2D eigenvalue weighted by atomic mass is 16.5. The molecule has 0 atom stereocenters. The number of hydrogen-bond donors (Lipinski definition) is 1. The Bertz CT molecular complexity index is 137. The third-order valence-corrected chi connectivity index (χ3v) is 2.63. The van der Waals surface area contributed by atoms with Crippen molar-refractivity contribution >= 4 is 0 Å². The van der Waals surface area contributed by atoms with Gasteiger partial charge in [0.05, 0.1) is 13.2 Å². The summed E-state index contributed by atoms with van der Waals surface area (Å²) in [6.45, 7) is 8.86. The van der Waals surface area contributed by atoms with Crippen molar-refractivity contribution in [1.29, 1.82) is 0 Å². The fourth-order valence-electron chi connectivity index (χ4n) is 0.973. The Morgan fingerprint density at radius 2 is 1.93 bits per heavy atom. The van der Waals surface area contributed by atoms with E-state index in [4.69, 9.17) is 9.84 Å². The first kappa shape index (κ1) is 13.9. The minimum absolute atomic E-state index is 0.145. The van der Waals surface area contributed by atoms with Crippen molar-refractivity contribution in [2.45, 2.75) is 39.2 Å². The lowest BCUT2D eigenvalue weighted by Crippen LogP contribution is -2.45. The second-order valence-corrected chi connectivity index (χ2v) is 4.36. The number of ether oxygens (including phenoxy) is 1. The molecule has 0 saturated heterocycles. The molecule has 0 spiro atoms. The number of unbranched alkanes of at least 4 members (excludes halogenated alkanes) is 1. The van der Waals surface area contributed by atoms with Crippen molar-refractivity contribution in [3.05, 3.63) is 0 Å². The number of nitrogens with zero attached hydrogens (tertiary/aromatic N) is 1. The van der Waals surface area contributed by atoms with Crippen molar-refractivity contribution in [2.24, 2.45) is 0 Å². The zero-order valence-corrected chi connectivity index (χ0v) is 10.0. The van der Waals surface area contributed by atoms with Gasteiger partial charge in [-0.05, 0) is 27.3 Å². The van der Waals surface area contributed by atoms with Crippen LogP contribution in [0.2, 0.25) is 0 Å². The number of rotatable bonds is 8. The van der Waals surface area contributed by atoms with Crippen LogP contribution in [0.4, 0.5) is 0 Å². The molecule has 0 amide bonds. The molecule has 0 heterocycles. The quantitative estimate of drug-likeness (QED) is 0.607. The Morgan fingerprint density at radius 3 is 2.43 bits per heavy atom. The van der Waals surface area contributed by atoms with E-state index >= 15 is 0 Å².